The molecule has 0 fully saturated rings. The molecule has 0 amide bonds. The highest BCUT2D eigenvalue weighted by molar-refractivity contribution is 5.80. The van der Waals surface area contributed by atoms with Crippen molar-refractivity contribution in [1.82, 2.24) is 20.2 Å². The largest absolute Gasteiger partial charge is 0.330 e. The number of carbonyl (C=O) groups excluding carboxylic acids is 1. The van der Waals surface area contributed by atoms with Crippen LogP contribution in [0.4, 0.5) is 0 Å². The second-order valence-corrected chi connectivity index (χ2v) is 2.45. The zero-order valence-corrected chi connectivity index (χ0v) is 6.90. The third-order valence-corrected chi connectivity index (χ3v) is 1.33. The SMILES string of the molecule is Cn1nnc(CC(=O)CCN)n1. The molecule has 66 valence electrons. The number of aryl methyl sites for hydroxylation is 1. The first-order valence-corrected chi connectivity index (χ1v) is 3.67. The van der Waals surface area contributed by atoms with Crippen LogP contribution in [0.15, 0.2) is 0 Å². The minimum absolute atomic E-state index is 0.0468. The van der Waals surface area contributed by atoms with Gasteiger partial charge in [-0.1, -0.05) is 0 Å². The van der Waals surface area contributed by atoms with E-state index in [1.54, 1.807) is 7.05 Å². The number of aromatic nitrogens is 4. The van der Waals surface area contributed by atoms with Gasteiger partial charge in [0.05, 0.1) is 13.5 Å². The maximum absolute atomic E-state index is 11.0. The Balaban J connectivity index is 2.46. The van der Waals surface area contributed by atoms with Gasteiger partial charge < -0.3 is 5.73 Å². The van der Waals surface area contributed by atoms with Crippen LogP contribution in [0.3, 0.4) is 0 Å². The van der Waals surface area contributed by atoms with Crippen LogP contribution in [0.1, 0.15) is 12.2 Å². The fourth-order valence-electron chi connectivity index (χ4n) is 0.820. The van der Waals surface area contributed by atoms with E-state index in [4.69, 9.17) is 5.73 Å². The Labute approximate surface area is 69.7 Å². The first-order chi connectivity index (χ1) is 5.72. The predicted molar refractivity (Wildman–Crippen MR) is 41.2 cm³/mol. The van der Waals surface area contributed by atoms with Crippen molar-refractivity contribution in [2.24, 2.45) is 12.8 Å². The fourth-order valence-corrected chi connectivity index (χ4v) is 0.820. The van der Waals surface area contributed by atoms with E-state index in [0.29, 0.717) is 18.8 Å². The molecule has 12 heavy (non-hydrogen) atoms. The van der Waals surface area contributed by atoms with Gasteiger partial charge in [0.25, 0.3) is 0 Å². The summed E-state index contributed by atoms with van der Waals surface area (Å²) in [6.45, 7) is 0.374. The Kier molecular flexibility index (Phi) is 2.87. The minimum Gasteiger partial charge on any atom is -0.330 e. The summed E-state index contributed by atoms with van der Waals surface area (Å²) in [5.74, 6) is 0.501. The van der Waals surface area contributed by atoms with Gasteiger partial charge in [-0.15, -0.1) is 10.2 Å². The molecule has 0 aromatic carbocycles. The van der Waals surface area contributed by atoms with E-state index in [-0.39, 0.29) is 12.2 Å². The molecule has 0 aliphatic carbocycles. The average molecular weight is 169 g/mol. The highest BCUT2D eigenvalue weighted by atomic mass is 16.1. The molecule has 2 N–H and O–H groups in total. The topological polar surface area (TPSA) is 86.7 Å². The van der Waals surface area contributed by atoms with Crippen molar-refractivity contribution >= 4 is 5.78 Å². The van der Waals surface area contributed by atoms with Crippen LogP contribution in [-0.2, 0) is 18.3 Å². The first kappa shape index (κ1) is 8.79. The maximum atomic E-state index is 11.0. The highest BCUT2D eigenvalue weighted by Crippen LogP contribution is 1.91. The van der Waals surface area contributed by atoms with E-state index >= 15 is 0 Å². The molecular weight excluding hydrogens is 158 g/mol. The Bertz CT molecular complexity index is 269. The Morgan fingerprint density at radius 2 is 2.42 bits per heavy atom. The predicted octanol–water partition coefficient (Wildman–Crippen LogP) is -1.33. The standard InChI is InChI=1S/C6H11N5O/c1-11-9-6(8-10-11)4-5(12)2-3-7/h2-4,7H2,1H3. The molecule has 1 heterocycles. The van der Waals surface area contributed by atoms with Gasteiger partial charge in [0, 0.05) is 6.42 Å². The summed E-state index contributed by atoms with van der Waals surface area (Å²) in [4.78, 5) is 12.3. The number of Topliss-reactive ketones (excluding diaryl/α,β-unsaturated/α-hetero) is 1. The summed E-state index contributed by atoms with van der Waals surface area (Å²) < 4.78 is 0. The van der Waals surface area contributed by atoms with Crippen molar-refractivity contribution in [1.29, 1.82) is 0 Å². The van der Waals surface area contributed by atoms with Crippen molar-refractivity contribution in [3.63, 3.8) is 0 Å². The second kappa shape index (κ2) is 3.91. The summed E-state index contributed by atoms with van der Waals surface area (Å²) >= 11 is 0. The molecule has 6 nitrogen and oxygen atoms in total. The molecule has 0 saturated carbocycles. The normalized spacial score (nSPS) is 10.2. The maximum Gasteiger partial charge on any atom is 0.182 e. The molecule has 0 bridgehead atoms. The van der Waals surface area contributed by atoms with Gasteiger partial charge in [-0.05, 0) is 11.8 Å². The lowest BCUT2D eigenvalue weighted by atomic mass is 10.2. The Morgan fingerprint density at radius 1 is 1.67 bits per heavy atom. The summed E-state index contributed by atoms with van der Waals surface area (Å²) in [7, 11) is 1.66. The molecule has 1 rings (SSSR count). The minimum atomic E-state index is 0.0468. The van der Waals surface area contributed by atoms with Gasteiger partial charge in [0.1, 0.15) is 5.78 Å². The lowest BCUT2D eigenvalue weighted by Gasteiger charge is -1.91. The third-order valence-electron chi connectivity index (χ3n) is 1.33. The van der Waals surface area contributed by atoms with Crippen LogP contribution in [0, 0.1) is 0 Å². The highest BCUT2D eigenvalue weighted by Gasteiger charge is 2.06. The van der Waals surface area contributed by atoms with E-state index < -0.39 is 0 Å². The Hall–Kier alpha value is -1.30. The average Bonchev–Trinajstić information content (AvgIpc) is 2.36. The lowest BCUT2D eigenvalue weighted by Crippen LogP contribution is -2.11. The number of hydrogen-bond acceptors (Lipinski definition) is 5. The third kappa shape index (κ3) is 2.39. The number of ketones is 1. The summed E-state index contributed by atoms with van der Waals surface area (Å²) in [5, 5.41) is 11.1. The molecule has 0 saturated heterocycles. The van der Waals surface area contributed by atoms with Crippen molar-refractivity contribution in [2.45, 2.75) is 12.8 Å². The molecule has 0 atom stereocenters. The van der Waals surface area contributed by atoms with Crippen LogP contribution in [-0.4, -0.2) is 32.5 Å². The van der Waals surface area contributed by atoms with E-state index in [1.807, 2.05) is 0 Å². The summed E-state index contributed by atoms with van der Waals surface area (Å²) in [5.41, 5.74) is 5.21. The molecule has 0 spiro atoms. The van der Waals surface area contributed by atoms with Crippen LogP contribution >= 0.6 is 0 Å². The molecule has 0 unspecified atom stereocenters. The van der Waals surface area contributed by atoms with E-state index in [9.17, 15) is 4.79 Å². The van der Waals surface area contributed by atoms with Crippen molar-refractivity contribution in [3.8, 4) is 0 Å². The lowest BCUT2D eigenvalue weighted by molar-refractivity contribution is -0.118. The van der Waals surface area contributed by atoms with Gasteiger partial charge >= 0.3 is 0 Å². The quantitative estimate of drug-likeness (QED) is 0.603. The monoisotopic (exact) mass is 169 g/mol. The zero-order valence-electron chi connectivity index (χ0n) is 6.90. The van der Waals surface area contributed by atoms with Crippen molar-refractivity contribution < 1.29 is 4.79 Å². The molecule has 0 aliphatic rings. The fraction of sp³-hybridized carbons (Fsp3) is 0.667. The second-order valence-electron chi connectivity index (χ2n) is 2.45. The van der Waals surface area contributed by atoms with Crippen molar-refractivity contribution in [3.05, 3.63) is 5.82 Å². The molecule has 0 radical (unpaired) electrons. The molecule has 0 aliphatic heterocycles. The molecule has 6 heteroatoms. The van der Waals surface area contributed by atoms with Gasteiger partial charge in [0.2, 0.25) is 0 Å². The first-order valence-electron chi connectivity index (χ1n) is 3.67. The smallest absolute Gasteiger partial charge is 0.182 e. The number of nitrogens with zero attached hydrogens (tertiary/aromatic N) is 4. The van der Waals surface area contributed by atoms with Crippen LogP contribution in [0.25, 0.3) is 0 Å². The van der Waals surface area contributed by atoms with E-state index in [0.717, 1.165) is 0 Å². The number of hydrogen-bond donors (Lipinski definition) is 1. The molecular formula is C6H11N5O. The van der Waals surface area contributed by atoms with Gasteiger partial charge in [-0.2, -0.15) is 4.80 Å². The van der Waals surface area contributed by atoms with Gasteiger partial charge in [-0.3, -0.25) is 4.79 Å². The van der Waals surface area contributed by atoms with E-state index in [2.05, 4.69) is 15.4 Å². The Morgan fingerprint density at radius 3 is 2.92 bits per heavy atom. The number of rotatable bonds is 4. The van der Waals surface area contributed by atoms with Crippen LogP contribution in [0.2, 0.25) is 0 Å². The molecule has 1 aromatic heterocycles. The van der Waals surface area contributed by atoms with E-state index in [1.165, 1.54) is 4.80 Å². The van der Waals surface area contributed by atoms with Gasteiger partial charge in [0.15, 0.2) is 5.82 Å². The number of tetrazole rings is 1. The molecule has 1 aromatic rings. The number of nitrogens with two attached hydrogens (primary N) is 1. The number of carbonyl (C=O) groups is 1. The van der Waals surface area contributed by atoms with Crippen LogP contribution < -0.4 is 5.73 Å². The summed E-state index contributed by atoms with van der Waals surface area (Å²) in [6, 6.07) is 0. The van der Waals surface area contributed by atoms with Crippen molar-refractivity contribution in [2.75, 3.05) is 6.54 Å². The summed E-state index contributed by atoms with van der Waals surface area (Å²) in [6.07, 6.45) is 0.600. The van der Waals surface area contributed by atoms with Gasteiger partial charge in [-0.25, -0.2) is 0 Å². The van der Waals surface area contributed by atoms with Crippen LogP contribution in [0.5, 0.6) is 0 Å². The zero-order chi connectivity index (χ0) is 8.97.